The fourth-order valence-corrected chi connectivity index (χ4v) is 5.55. The molecule has 0 unspecified atom stereocenters. The Labute approximate surface area is 175 Å². The summed E-state index contributed by atoms with van der Waals surface area (Å²) in [7, 11) is -3.68. The Balaban J connectivity index is 1.44. The summed E-state index contributed by atoms with van der Waals surface area (Å²) in [4.78, 5) is 32.3. The van der Waals surface area contributed by atoms with Crippen LogP contribution in [0, 0.1) is 6.92 Å². The lowest BCUT2D eigenvalue weighted by Gasteiger charge is -2.35. The molecule has 2 fully saturated rings. The van der Waals surface area contributed by atoms with Crippen LogP contribution in [0.4, 0.5) is 10.5 Å². The van der Waals surface area contributed by atoms with Crippen LogP contribution in [-0.2, 0) is 21.4 Å². The Morgan fingerprint density at radius 2 is 1.77 bits per heavy atom. The lowest BCUT2D eigenvalue weighted by molar-refractivity contribution is -0.116. The van der Waals surface area contributed by atoms with Crippen LogP contribution in [0.5, 0.6) is 0 Å². The van der Waals surface area contributed by atoms with E-state index in [-0.39, 0.29) is 42.6 Å². The van der Waals surface area contributed by atoms with Gasteiger partial charge in [0.2, 0.25) is 0 Å². The average molecular weight is 432 g/mol. The third-order valence-electron chi connectivity index (χ3n) is 5.77. The lowest BCUT2D eigenvalue weighted by atomic mass is 10.1. The van der Waals surface area contributed by atoms with Gasteiger partial charge in [0.25, 0.3) is 15.9 Å². The maximum atomic E-state index is 13.0. The first-order chi connectivity index (χ1) is 14.3. The van der Waals surface area contributed by atoms with E-state index < -0.39 is 10.0 Å². The Morgan fingerprint density at radius 1 is 1.10 bits per heavy atom. The van der Waals surface area contributed by atoms with Gasteiger partial charge in [0.1, 0.15) is 12.4 Å². The fourth-order valence-electron chi connectivity index (χ4n) is 4.09. The van der Waals surface area contributed by atoms with Gasteiger partial charge in [0.15, 0.2) is 5.03 Å². The third-order valence-corrected chi connectivity index (χ3v) is 7.54. The predicted molar refractivity (Wildman–Crippen MR) is 110 cm³/mol. The van der Waals surface area contributed by atoms with Gasteiger partial charge in [-0.1, -0.05) is 18.2 Å². The standard InChI is InChI=1S/C20H25N5O4S/c1-3-22-13-18(21-15(22)2)30(28,29)23-11-9-16(10-12-23)24-14-19(26)25(20(24)27)17-7-5-4-6-8-17/h4-8,13,16H,3,9-12,14H2,1-2H3. The Bertz CT molecular complexity index is 1060. The van der Waals surface area contributed by atoms with Crippen molar-refractivity contribution in [2.45, 2.75) is 44.3 Å². The van der Waals surface area contributed by atoms with Crippen molar-refractivity contribution in [1.82, 2.24) is 18.8 Å². The molecular formula is C20H25N5O4S. The number of amides is 3. The molecule has 2 aromatic rings. The molecule has 4 rings (SSSR count). The van der Waals surface area contributed by atoms with E-state index in [4.69, 9.17) is 0 Å². The van der Waals surface area contributed by atoms with Gasteiger partial charge in [-0.15, -0.1) is 0 Å². The van der Waals surface area contributed by atoms with E-state index in [2.05, 4.69) is 4.98 Å². The molecule has 30 heavy (non-hydrogen) atoms. The van der Waals surface area contributed by atoms with Crippen molar-refractivity contribution in [1.29, 1.82) is 0 Å². The van der Waals surface area contributed by atoms with Crippen molar-refractivity contribution in [3.05, 3.63) is 42.4 Å². The molecule has 3 amide bonds. The highest BCUT2D eigenvalue weighted by molar-refractivity contribution is 7.89. The number of nitrogens with zero attached hydrogens (tertiary/aromatic N) is 5. The Kier molecular flexibility index (Phi) is 5.37. The monoisotopic (exact) mass is 431 g/mol. The highest BCUT2D eigenvalue weighted by atomic mass is 32.2. The summed E-state index contributed by atoms with van der Waals surface area (Å²) in [5.74, 6) is 0.398. The van der Waals surface area contributed by atoms with Crippen molar-refractivity contribution in [2.75, 3.05) is 24.5 Å². The number of hydrogen-bond donors (Lipinski definition) is 0. The van der Waals surface area contributed by atoms with Crippen molar-refractivity contribution in [3.63, 3.8) is 0 Å². The number of imidazole rings is 1. The number of aromatic nitrogens is 2. The molecule has 0 aliphatic carbocycles. The molecule has 9 nitrogen and oxygen atoms in total. The number of rotatable bonds is 5. The van der Waals surface area contributed by atoms with Gasteiger partial charge in [-0.2, -0.15) is 4.31 Å². The number of carbonyl (C=O) groups is 2. The maximum absolute atomic E-state index is 13.0. The van der Waals surface area contributed by atoms with Gasteiger partial charge in [-0.3, -0.25) is 4.79 Å². The van der Waals surface area contributed by atoms with Crippen LogP contribution in [0.1, 0.15) is 25.6 Å². The molecule has 0 N–H and O–H groups in total. The van der Waals surface area contributed by atoms with E-state index in [1.807, 2.05) is 13.0 Å². The van der Waals surface area contributed by atoms with Crippen LogP contribution in [0.15, 0.2) is 41.6 Å². The highest BCUT2D eigenvalue weighted by Crippen LogP contribution is 2.28. The van der Waals surface area contributed by atoms with Crippen molar-refractivity contribution >= 4 is 27.6 Å². The number of hydrogen-bond acceptors (Lipinski definition) is 5. The summed E-state index contributed by atoms with van der Waals surface area (Å²) in [6, 6.07) is 8.33. The van der Waals surface area contributed by atoms with Gasteiger partial charge < -0.3 is 9.47 Å². The number of para-hydroxylation sites is 1. The molecule has 2 aliphatic heterocycles. The van der Waals surface area contributed by atoms with E-state index >= 15 is 0 Å². The van der Waals surface area contributed by atoms with Gasteiger partial charge in [-0.05, 0) is 38.8 Å². The number of urea groups is 1. The average Bonchev–Trinajstić information content (AvgIpc) is 3.28. The van der Waals surface area contributed by atoms with Crippen LogP contribution < -0.4 is 4.90 Å². The van der Waals surface area contributed by atoms with E-state index in [9.17, 15) is 18.0 Å². The van der Waals surface area contributed by atoms with Gasteiger partial charge in [0, 0.05) is 31.9 Å². The molecule has 0 bridgehead atoms. The summed E-state index contributed by atoms with van der Waals surface area (Å²) in [5.41, 5.74) is 0.553. The zero-order valence-electron chi connectivity index (χ0n) is 17.1. The first-order valence-corrected chi connectivity index (χ1v) is 11.5. The van der Waals surface area contributed by atoms with E-state index in [1.54, 1.807) is 46.9 Å². The molecule has 0 radical (unpaired) electrons. The van der Waals surface area contributed by atoms with Crippen LogP contribution in [0.25, 0.3) is 0 Å². The zero-order chi connectivity index (χ0) is 21.5. The fraction of sp³-hybridized carbons (Fsp3) is 0.450. The smallest absolute Gasteiger partial charge is 0.332 e. The first kappa shape index (κ1) is 20.5. The maximum Gasteiger partial charge on any atom is 0.332 e. The minimum absolute atomic E-state index is 0.0191. The molecule has 160 valence electrons. The van der Waals surface area contributed by atoms with Crippen LogP contribution >= 0.6 is 0 Å². The van der Waals surface area contributed by atoms with Crippen molar-refractivity contribution in [2.24, 2.45) is 0 Å². The second kappa shape index (κ2) is 7.84. The molecule has 1 aromatic carbocycles. The first-order valence-electron chi connectivity index (χ1n) is 10.1. The number of aryl methyl sites for hydroxylation is 2. The molecule has 1 aromatic heterocycles. The summed E-state index contributed by atoms with van der Waals surface area (Å²) in [6.07, 6.45) is 2.53. The molecular weight excluding hydrogens is 406 g/mol. The van der Waals surface area contributed by atoms with Gasteiger partial charge >= 0.3 is 6.03 Å². The molecule has 3 heterocycles. The number of benzene rings is 1. The van der Waals surface area contributed by atoms with Crippen LogP contribution in [0.2, 0.25) is 0 Å². The number of imide groups is 1. The zero-order valence-corrected chi connectivity index (χ0v) is 17.9. The van der Waals surface area contributed by atoms with Crippen molar-refractivity contribution < 1.29 is 18.0 Å². The normalized spacial score (nSPS) is 19.1. The topological polar surface area (TPSA) is 95.8 Å². The predicted octanol–water partition coefficient (Wildman–Crippen LogP) is 1.83. The van der Waals surface area contributed by atoms with E-state index in [0.29, 0.717) is 30.9 Å². The summed E-state index contributed by atoms with van der Waals surface area (Å²) >= 11 is 0. The molecule has 0 spiro atoms. The largest absolute Gasteiger partial charge is 0.334 e. The molecule has 10 heteroatoms. The number of anilines is 1. The van der Waals surface area contributed by atoms with Crippen LogP contribution in [0.3, 0.4) is 0 Å². The van der Waals surface area contributed by atoms with Gasteiger partial charge in [0.05, 0.1) is 5.69 Å². The molecule has 2 saturated heterocycles. The second-order valence-electron chi connectivity index (χ2n) is 7.52. The minimum atomic E-state index is -3.68. The summed E-state index contributed by atoms with van der Waals surface area (Å²) < 4.78 is 29.1. The minimum Gasteiger partial charge on any atom is -0.334 e. The lowest BCUT2D eigenvalue weighted by Crippen LogP contribution is -2.48. The van der Waals surface area contributed by atoms with E-state index in [1.165, 1.54) is 9.21 Å². The van der Waals surface area contributed by atoms with E-state index in [0.717, 1.165) is 0 Å². The quantitative estimate of drug-likeness (QED) is 0.673. The molecule has 0 saturated carbocycles. The van der Waals surface area contributed by atoms with Gasteiger partial charge in [-0.25, -0.2) is 23.1 Å². The number of piperidine rings is 1. The summed E-state index contributed by atoms with van der Waals surface area (Å²) in [5, 5.41) is 0.0583. The van der Waals surface area contributed by atoms with Crippen molar-refractivity contribution in [3.8, 4) is 0 Å². The van der Waals surface area contributed by atoms with Crippen LogP contribution in [-0.4, -0.2) is 64.8 Å². The molecule has 0 atom stereocenters. The highest BCUT2D eigenvalue weighted by Gasteiger charge is 2.42. The number of carbonyl (C=O) groups excluding carboxylic acids is 2. The third kappa shape index (κ3) is 3.50. The molecule has 2 aliphatic rings. The SMILES string of the molecule is CCn1cc(S(=O)(=O)N2CCC(N3CC(=O)N(c4ccccc4)C3=O)CC2)nc1C. The summed E-state index contributed by atoms with van der Waals surface area (Å²) in [6.45, 7) is 4.96. The second-order valence-corrected chi connectivity index (χ2v) is 9.41. The Hall–Kier alpha value is -2.72. The Morgan fingerprint density at radius 3 is 2.37 bits per heavy atom. The number of sulfonamides is 1.